The Balaban J connectivity index is 4.27. The highest BCUT2D eigenvalue weighted by Crippen LogP contribution is 2.18. The Morgan fingerprint density at radius 3 is 0.762 bits per heavy atom. The van der Waals surface area contributed by atoms with Gasteiger partial charge < -0.3 is 14.2 Å². The summed E-state index contributed by atoms with van der Waals surface area (Å²) in [5, 5.41) is 0. The molecule has 0 rings (SSSR count). The Morgan fingerprint density at radius 1 is 0.263 bits per heavy atom. The standard InChI is InChI=1S/C74H134O6/c1-4-7-10-13-16-19-22-25-28-30-32-34-35-36-37-38-39-41-42-44-46-49-52-55-58-61-64-67-73(76)79-70-71(69-78-72(75)66-63-60-57-54-51-48-27-24-21-18-15-12-9-6-3)80-74(77)68-65-62-59-56-53-50-47-45-43-40-33-31-29-26-23-20-17-14-11-8-5-2/h8,11,17,20,26,29,33,40,45,47,71H,4-7,9-10,12-16,18-19,21-25,27-28,30-32,34-39,41-44,46,48-70H2,1-3H3/b11-8-,20-17-,29-26-,40-33-,47-45-. The molecule has 6 nitrogen and oxygen atoms in total. The van der Waals surface area contributed by atoms with E-state index in [0.29, 0.717) is 19.3 Å². The van der Waals surface area contributed by atoms with Crippen LogP contribution in [0, 0.1) is 0 Å². The molecule has 0 aromatic rings. The van der Waals surface area contributed by atoms with Gasteiger partial charge in [0.25, 0.3) is 0 Å². The minimum Gasteiger partial charge on any atom is -0.462 e. The summed E-state index contributed by atoms with van der Waals surface area (Å²) in [5.41, 5.74) is 0. The zero-order chi connectivity index (χ0) is 57.8. The van der Waals surface area contributed by atoms with Gasteiger partial charge in [0, 0.05) is 19.3 Å². The third-order valence-corrected chi connectivity index (χ3v) is 15.8. The molecule has 466 valence electrons. The Labute approximate surface area is 498 Å². The summed E-state index contributed by atoms with van der Waals surface area (Å²) in [4.78, 5) is 38.4. The second kappa shape index (κ2) is 68.6. The van der Waals surface area contributed by atoms with Crippen LogP contribution in [0.3, 0.4) is 0 Å². The van der Waals surface area contributed by atoms with Crippen LogP contribution in [0.4, 0.5) is 0 Å². The average Bonchev–Trinajstić information content (AvgIpc) is 3.46. The van der Waals surface area contributed by atoms with Gasteiger partial charge in [-0.3, -0.25) is 14.4 Å². The normalized spacial score (nSPS) is 12.4. The highest BCUT2D eigenvalue weighted by molar-refractivity contribution is 5.71. The third kappa shape index (κ3) is 65.9. The average molecular weight is 1120 g/mol. The van der Waals surface area contributed by atoms with Gasteiger partial charge in [0.05, 0.1) is 0 Å². The van der Waals surface area contributed by atoms with Crippen molar-refractivity contribution in [3.63, 3.8) is 0 Å². The highest BCUT2D eigenvalue weighted by Gasteiger charge is 2.19. The van der Waals surface area contributed by atoms with E-state index in [1.165, 1.54) is 225 Å². The van der Waals surface area contributed by atoms with Crippen molar-refractivity contribution in [2.45, 2.75) is 380 Å². The van der Waals surface area contributed by atoms with Crippen LogP contribution >= 0.6 is 0 Å². The lowest BCUT2D eigenvalue weighted by Crippen LogP contribution is -2.30. The lowest BCUT2D eigenvalue weighted by Gasteiger charge is -2.18. The van der Waals surface area contributed by atoms with Crippen molar-refractivity contribution in [2.75, 3.05) is 13.2 Å². The number of allylic oxidation sites excluding steroid dienone is 10. The van der Waals surface area contributed by atoms with E-state index in [9.17, 15) is 14.4 Å². The van der Waals surface area contributed by atoms with Crippen LogP contribution in [0.25, 0.3) is 0 Å². The Kier molecular flexibility index (Phi) is 66.1. The van der Waals surface area contributed by atoms with Gasteiger partial charge in [-0.05, 0) is 64.2 Å². The summed E-state index contributed by atoms with van der Waals surface area (Å²) in [6.45, 7) is 6.58. The van der Waals surface area contributed by atoms with Gasteiger partial charge in [0.15, 0.2) is 6.10 Å². The predicted molar refractivity (Wildman–Crippen MR) is 348 cm³/mol. The zero-order valence-corrected chi connectivity index (χ0v) is 53.6. The second-order valence-corrected chi connectivity index (χ2v) is 23.8. The summed E-state index contributed by atoms with van der Waals surface area (Å²) in [5.74, 6) is -0.871. The number of ether oxygens (including phenoxy) is 3. The molecule has 0 saturated carbocycles. The smallest absolute Gasteiger partial charge is 0.306 e. The molecule has 1 atom stereocenters. The number of rotatable bonds is 65. The maximum Gasteiger partial charge on any atom is 0.306 e. The summed E-state index contributed by atoms with van der Waals surface area (Å²) in [7, 11) is 0. The molecule has 0 spiro atoms. The molecule has 0 amide bonds. The summed E-state index contributed by atoms with van der Waals surface area (Å²) in [6, 6.07) is 0. The maximum atomic E-state index is 12.9. The minimum absolute atomic E-state index is 0.0774. The van der Waals surface area contributed by atoms with E-state index in [2.05, 4.69) is 81.5 Å². The highest BCUT2D eigenvalue weighted by atomic mass is 16.6. The van der Waals surface area contributed by atoms with E-state index < -0.39 is 6.10 Å². The molecule has 0 saturated heterocycles. The van der Waals surface area contributed by atoms with E-state index in [1.54, 1.807) is 0 Å². The van der Waals surface area contributed by atoms with Gasteiger partial charge in [-0.15, -0.1) is 0 Å². The van der Waals surface area contributed by atoms with Crippen molar-refractivity contribution in [3.8, 4) is 0 Å². The first kappa shape index (κ1) is 77.1. The number of hydrogen-bond acceptors (Lipinski definition) is 6. The van der Waals surface area contributed by atoms with E-state index in [4.69, 9.17) is 14.2 Å². The van der Waals surface area contributed by atoms with Crippen LogP contribution in [0.15, 0.2) is 60.8 Å². The van der Waals surface area contributed by atoms with Crippen LogP contribution in [-0.2, 0) is 28.6 Å². The number of carbonyl (C=O) groups is 3. The number of hydrogen-bond donors (Lipinski definition) is 0. The first-order valence-electron chi connectivity index (χ1n) is 35.3. The summed E-state index contributed by atoms with van der Waals surface area (Å²) in [6.07, 6.45) is 88.2. The molecule has 0 aliphatic heterocycles. The fourth-order valence-corrected chi connectivity index (χ4v) is 10.5. The number of esters is 3. The van der Waals surface area contributed by atoms with Gasteiger partial charge in [0.2, 0.25) is 0 Å². The fraction of sp³-hybridized carbons (Fsp3) is 0.824. The van der Waals surface area contributed by atoms with Crippen molar-refractivity contribution in [1.29, 1.82) is 0 Å². The second-order valence-electron chi connectivity index (χ2n) is 23.8. The maximum absolute atomic E-state index is 12.9. The SMILES string of the molecule is CC/C=C\C/C=C\C/C=C\C/C=C\C/C=C\CCCCCCCC(=O)OC(COC(=O)CCCCCCCCCCCCCCCC)COC(=O)CCCCCCCCCCCCCCCCCCCCCCCCCCCCC. The van der Waals surface area contributed by atoms with E-state index in [-0.39, 0.29) is 31.1 Å². The molecule has 0 heterocycles. The molecule has 0 N–H and O–H groups in total. The van der Waals surface area contributed by atoms with Gasteiger partial charge in [0.1, 0.15) is 13.2 Å². The lowest BCUT2D eigenvalue weighted by atomic mass is 10.0. The quantitative estimate of drug-likeness (QED) is 0.0261. The molecule has 0 aromatic heterocycles. The fourth-order valence-electron chi connectivity index (χ4n) is 10.5. The van der Waals surface area contributed by atoms with Crippen LogP contribution in [0.2, 0.25) is 0 Å². The first-order chi connectivity index (χ1) is 39.5. The molecule has 6 heteroatoms. The van der Waals surface area contributed by atoms with Crippen molar-refractivity contribution in [1.82, 2.24) is 0 Å². The number of unbranched alkanes of at least 4 members (excludes halogenated alkanes) is 44. The molecule has 0 aromatic carbocycles. The Bertz CT molecular complexity index is 1430. The van der Waals surface area contributed by atoms with Crippen LogP contribution in [0.1, 0.15) is 374 Å². The van der Waals surface area contributed by atoms with Gasteiger partial charge >= 0.3 is 17.9 Å². The minimum atomic E-state index is -0.783. The lowest BCUT2D eigenvalue weighted by molar-refractivity contribution is -0.167. The molecule has 0 bridgehead atoms. The van der Waals surface area contributed by atoms with Crippen molar-refractivity contribution in [2.24, 2.45) is 0 Å². The third-order valence-electron chi connectivity index (χ3n) is 15.8. The molecule has 1 unspecified atom stereocenters. The van der Waals surface area contributed by atoms with Crippen molar-refractivity contribution >= 4 is 17.9 Å². The molecule has 0 aliphatic carbocycles. The Hall–Kier alpha value is -2.89. The summed E-state index contributed by atoms with van der Waals surface area (Å²) < 4.78 is 17.0. The van der Waals surface area contributed by atoms with Crippen LogP contribution in [0.5, 0.6) is 0 Å². The predicted octanol–water partition coefficient (Wildman–Crippen LogP) is 24.3. The molecule has 0 radical (unpaired) electrons. The first-order valence-corrected chi connectivity index (χ1v) is 35.3. The molecule has 0 fully saturated rings. The van der Waals surface area contributed by atoms with Crippen LogP contribution in [-0.4, -0.2) is 37.2 Å². The topological polar surface area (TPSA) is 78.9 Å². The molecule has 0 aliphatic rings. The van der Waals surface area contributed by atoms with Crippen molar-refractivity contribution in [3.05, 3.63) is 60.8 Å². The van der Waals surface area contributed by atoms with Crippen molar-refractivity contribution < 1.29 is 28.6 Å². The molecule has 80 heavy (non-hydrogen) atoms. The van der Waals surface area contributed by atoms with Crippen LogP contribution < -0.4 is 0 Å². The van der Waals surface area contributed by atoms with E-state index >= 15 is 0 Å². The van der Waals surface area contributed by atoms with E-state index in [1.807, 2.05) is 0 Å². The summed E-state index contributed by atoms with van der Waals surface area (Å²) >= 11 is 0. The Morgan fingerprint density at radius 2 is 0.487 bits per heavy atom. The molecular weight excluding hydrogens is 985 g/mol. The monoisotopic (exact) mass is 1120 g/mol. The zero-order valence-electron chi connectivity index (χ0n) is 53.6. The van der Waals surface area contributed by atoms with Gasteiger partial charge in [-0.2, -0.15) is 0 Å². The molecular formula is C74H134O6. The largest absolute Gasteiger partial charge is 0.462 e. The van der Waals surface area contributed by atoms with E-state index in [0.717, 1.165) is 109 Å². The number of carbonyl (C=O) groups excluding carboxylic acids is 3. The van der Waals surface area contributed by atoms with Gasteiger partial charge in [-0.25, -0.2) is 0 Å². The van der Waals surface area contributed by atoms with Gasteiger partial charge in [-0.1, -0.05) is 351 Å².